The molecule has 0 saturated carbocycles. The third-order valence-corrected chi connectivity index (χ3v) is 3.03. The fourth-order valence-electron chi connectivity index (χ4n) is 1.32. The van der Waals surface area contributed by atoms with Crippen LogP contribution in [0.15, 0.2) is 18.2 Å². The average Bonchev–Trinajstić information content (AvgIpc) is 2.33. The molecule has 1 atom stereocenters. The van der Waals surface area contributed by atoms with E-state index in [-0.39, 0.29) is 15.7 Å². The minimum absolute atomic E-state index is 0.117. The van der Waals surface area contributed by atoms with Crippen molar-refractivity contribution in [2.24, 2.45) is 5.73 Å². The highest BCUT2D eigenvalue weighted by atomic mass is 35.5. The smallest absolute Gasteiger partial charge is 0.326 e. The highest BCUT2D eigenvalue weighted by Gasteiger charge is 2.22. The van der Waals surface area contributed by atoms with E-state index in [0.717, 1.165) is 0 Å². The summed E-state index contributed by atoms with van der Waals surface area (Å²) in [5.41, 5.74) is 5.10. The van der Waals surface area contributed by atoms with E-state index in [1.807, 2.05) is 0 Å². The molecule has 1 aromatic rings. The van der Waals surface area contributed by atoms with Crippen molar-refractivity contribution in [1.29, 1.82) is 0 Å². The maximum Gasteiger partial charge on any atom is 0.326 e. The summed E-state index contributed by atoms with van der Waals surface area (Å²) in [6.45, 7) is 0. The van der Waals surface area contributed by atoms with E-state index in [4.69, 9.17) is 34.0 Å². The molecule has 0 saturated heterocycles. The summed E-state index contributed by atoms with van der Waals surface area (Å²) in [6.07, 6.45) is -0.522. The number of hydrogen-bond donors (Lipinski definition) is 4. The maximum atomic E-state index is 11.6. The van der Waals surface area contributed by atoms with Gasteiger partial charge in [-0.25, -0.2) is 9.59 Å². The number of nitrogens with one attached hydrogen (secondary N) is 2. The number of carboxylic acid groups (broad SMARTS) is 1. The molecule has 1 rings (SSSR count). The minimum Gasteiger partial charge on any atom is -0.480 e. The van der Waals surface area contributed by atoms with Crippen LogP contribution in [0.5, 0.6) is 0 Å². The second kappa shape index (κ2) is 6.97. The van der Waals surface area contributed by atoms with E-state index >= 15 is 0 Å². The highest BCUT2D eigenvalue weighted by molar-refractivity contribution is 6.43. The minimum atomic E-state index is -1.43. The largest absolute Gasteiger partial charge is 0.480 e. The number of benzene rings is 1. The SMILES string of the molecule is NC(=O)CC(NC(=O)Nc1cccc(Cl)c1Cl)C(=O)O. The number of carbonyl (C=O) groups is 3. The van der Waals surface area contributed by atoms with Gasteiger partial charge in [0.2, 0.25) is 5.91 Å². The fourth-order valence-corrected chi connectivity index (χ4v) is 1.67. The molecule has 9 heteroatoms. The van der Waals surface area contributed by atoms with Gasteiger partial charge in [0.05, 0.1) is 22.2 Å². The second-order valence-corrected chi connectivity index (χ2v) is 4.55. The monoisotopic (exact) mass is 319 g/mol. The molecular formula is C11H11Cl2N3O4. The molecule has 7 nitrogen and oxygen atoms in total. The summed E-state index contributed by atoms with van der Waals surface area (Å²) in [6, 6.07) is 2.30. The molecule has 108 valence electrons. The van der Waals surface area contributed by atoms with E-state index in [1.165, 1.54) is 12.1 Å². The Hall–Kier alpha value is -1.99. The third kappa shape index (κ3) is 4.60. The second-order valence-electron chi connectivity index (χ2n) is 3.76. The Bertz CT molecular complexity index is 550. The quantitative estimate of drug-likeness (QED) is 0.656. The molecule has 20 heavy (non-hydrogen) atoms. The van der Waals surface area contributed by atoms with Crippen LogP contribution in [-0.4, -0.2) is 29.1 Å². The molecule has 5 N–H and O–H groups in total. The molecule has 0 aromatic heterocycles. The first-order chi connectivity index (χ1) is 9.31. The van der Waals surface area contributed by atoms with E-state index in [0.29, 0.717) is 0 Å². The molecule has 1 aromatic carbocycles. The van der Waals surface area contributed by atoms with Gasteiger partial charge >= 0.3 is 12.0 Å². The van der Waals surface area contributed by atoms with Gasteiger partial charge in [-0.05, 0) is 12.1 Å². The molecule has 3 amide bonds. The number of halogens is 2. The first-order valence-electron chi connectivity index (χ1n) is 5.34. The number of carboxylic acids is 1. The van der Waals surface area contributed by atoms with Gasteiger partial charge in [-0.3, -0.25) is 4.79 Å². The van der Waals surface area contributed by atoms with Gasteiger partial charge in [-0.15, -0.1) is 0 Å². The van der Waals surface area contributed by atoms with Crippen LogP contribution in [0.25, 0.3) is 0 Å². The standard InChI is InChI=1S/C11H11Cl2N3O4/c12-5-2-1-3-6(9(5)13)15-11(20)16-7(10(18)19)4-8(14)17/h1-3,7H,4H2,(H2,14,17)(H,18,19)(H2,15,16,20). The lowest BCUT2D eigenvalue weighted by Crippen LogP contribution is -2.45. The zero-order valence-corrected chi connectivity index (χ0v) is 11.5. The summed E-state index contributed by atoms with van der Waals surface area (Å²) < 4.78 is 0. The number of rotatable bonds is 5. The maximum absolute atomic E-state index is 11.6. The van der Waals surface area contributed by atoms with Crippen LogP contribution in [0.4, 0.5) is 10.5 Å². The van der Waals surface area contributed by atoms with Gasteiger partial charge in [-0.1, -0.05) is 29.3 Å². The van der Waals surface area contributed by atoms with Crippen molar-refractivity contribution < 1.29 is 19.5 Å². The molecule has 0 heterocycles. The lowest BCUT2D eigenvalue weighted by atomic mass is 10.2. The average molecular weight is 320 g/mol. The number of aliphatic carboxylic acids is 1. The van der Waals surface area contributed by atoms with Crippen molar-refractivity contribution in [3.8, 4) is 0 Å². The summed E-state index contributed by atoms with van der Waals surface area (Å²) in [7, 11) is 0. The van der Waals surface area contributed by atoms with Crippen LogP contribution in [0.3, 0.4) is 0 Å². The zero-order valence-electron chi connectivity index (χ0n) is 10.0. The lowest BCUT2D eigenvalue weighted by Gasteiger charge is -2.14. The van der Waals surface area contributed by atoms with Crippen molar-refractivity contribution in [3.05, 3.63) is 28.2 Å². The van der Waals surface area contributed by atoms with Crippen molar-refractivity contribution in [1.82, 2.24) is 5.32 Å². The molecular weight excluding hydrogens is 309 g/mol. The highest BCUT2D eigenvalue weighted by Crippen LogP contribution is 2.29. The number of hydrogen-bond acceptors (Lipinski definition) is 3. The number of carbonyl (C=O) groups excluding carboxylic acids is 2. The Kier molecular flexibility index (Phi) is 5.60. The summed E-state index contributed by atoms with van der Waals surface area (Å²) in [4.78, 5) is 33.2. The molecule has 1 unspecified atom stereocenters. The molecule has 0 radical (unpaired) electrons. The van der Waals surface area contributed by atoms with Crippen LogP contribution >= 0.6 is 23.2 Å². The Morgan fingerprint density at radius 3 is 2.50 bits per heavy atom. The molecule has 0 bridgehead atoms. The van der Waals surface area contributed by atoms with Crippen LogP contribution in [0.1, 0.15) is 6.42 Å². The summed E-state index contributed by atoms with van der Waals surface area (Å²) in [5.74, 6) is -2.23. The predicted molar refractivity (Wildman–Crippen MR) is 73.9 cm³/mol. The van der Waals surface area contributed by atoms with Crippen LogP contribution < -0.4 is 16.4 Å². The molecule has 0 aliphatic heterocycles. The van der Waals surface area contributed by atoms with Gasteiger partial charge in [0.15, 0.2) is 0 Å². The molecule has 0 aliphatic rings. The number of amides is 3. The normalized spacial score (nSPS) is 11.5. The van der Waals surface area contributed by atoms with Crippen molar-refractivity contribution >= 4 is 46.8 Å². The van der Waals surface area contributed by atoms with Crippen molar-refractivity contribution in [3.63, 3.8) is 0 Å². The van der Waals surface area contributed by atoms with Crippen LogP contribution in [0, 0.1) is 0 Å². The van der Waals surface area contributed by atoms with Gasteiger partial charge in [0.25, 0.3) is 0 Å². The number of primary amides is 1. The first kappa shape index (κ1) is 16.1. The molecule has 0 fully saturated rings. The molecule has 0 spiro atoms. The Morgan fingerprint density at radius 2 is 1.95 bits per heavy atom. The topological polar surface area (TPSA) is 122 Å². The Labute approximate surface area is 124 Å². The number of nitrogens with two attached hydrogens (primary N) is 1. The number of anilines is 1. The predicted octanol–water partition coefficient (Wildman–Crippen LogP) is 1.44. The van der Waals surface area contributed by atoms with Gasteiger partial charge in [-0.2, -0.15) is 0 Å². The van der Waals surface area contributed by atoms with Crippen molar-refractivity contribution in [2.45, 2.75) is 12.5 Å². The van der Waals surface area contributed by atoms with E-state index in [2.05, 4.69) is 10.6 Å². The first-order valence-corrected chi connectivity index (χ1v) is 6.09. The molecule has 0 aliphatic carbocycles. The Morgan fingerprint density at radius 1 is 1.30 bits per heavy atom. The van der Waals surface area contributed by atoms with Crippen LogP contribution in [0.2, 0.25) is 10.0 Å². The van der Waals surface area contributed by atoms with Crippen LogP contribution in [-0.2, 0) is 9.59 Å². The fraction of sp³-hybridized carbons (Fsp3) is 0.182. The zero-order chi connectivity index (χ0) is 15.3. The van der Waals surface area contributed by atoms with Gasteiger partial charge in [0, 0.05) is 0 Å². The van der Waals surface area contributed by atoms with E-state index < -0.39 is 30.4 Å². The van der Waals surface area contributed by atoms with E-state index in [9.17, 15) is 14.4 Å². The van der Waals surface area contributed by atoms with E-state index in [1.54, 1.807) is 6.07 Å². The summed E-state index contributed by atoms with van der Waals surface area (Å²) >= 11 is 11.6. The van der Waals surface area contributed by atoms with Gasteiger partial charge < -0.3 is 21.5 Å². The third-order valence-electron chi connectivity index (χ3n) is 2.21. The summed E-state index contributed by atoms with van der Waals surface area (Å²) in [5, 5.41) is 13.6. The lowest BCUT2D eigenvalue weighted by molar-refractivity contribution is -0.140. The Balaban J connectivity index is 2.73. The van der Waals surface area contributed by atoms with Crippen molar-refractivity contribution in [2.75, 3.05) is 5.32 Å². The van der Waals surface area contributed by atoms with Gasteiger partial charge in [0.1, 0.15) is 6.04 Å². The number of urea groups is 1.